The van der Waals surface area contributed by atoms with E-state index in [1.165, 1.54) is 23.4 Å². The van der Waals surface area contributed by atoms with E-state index >= 15 is 0 Å². The summed E-state index contributed by atoms with van der Waals surface area (Å²) in [4.78, 5) is 28.6. The highest BCUT2D eigenvalue weighted by molar-refractivity contribution is 7.89. The summed E-state index contributed by atoms with van der Waals surface area (Å²) in [5.41, 5.74) is -1.52. The Morgan fingerprint density at radius 2 is 1.70 bits per heavy atom. The maximum absolute atomic E-state index is 13.4. The van der Waals surface area contributed by atoms with Crippen molar-refractivity contribution in [2.24, 2.45) is 0 Å². The third-order valence-corrected chi connectivity index (χ3v) is 8.71. The lowest BCUT2D eigenvalue weighted by atomic mass is 10.0. The monoisotopic (exact) mass is 540 g/mol. The molecule has 0 aliphatic carbocycles. The molecule has 202 valence electrons. The van der Waals surface area contributed by atoms with Crippen LogP contribution in [0.3, 0.4) is 0 Å². The Labute approximate surface area is 215 Å². The fourth-order valence-electron chi connectivity index (χ4n) is 4.54. The number of benzene rings is 1. The van der Waals surface area contributed by atoms with Gasteiger partial charge >= 0.3 is 6.18 Å². The van der Waals surface area contributed by atoms with E-state index in [0.717, 1.165) is 23.8 Å². The molecule has 1 aromatic carbocycles. The average Bonchev–Trinajstić information content (AvgIpc) is 3.07. The van der Waals surface area contributed by atoms with Gasteiger partial charge < -0.3 is 4.90 Å². The van der Waals surface area contributed by atoms with Crippen molar-refractivity contribution in [2.45, 2.75) is 52.1 Å². The second-order valence-corrected chi connectivity index (χ2v) is 11.3. The van der Waals surface area contributed by atoms with E-state index in [4.69, 9.17) is 5.26 Å². The van der Waals surface area contributed by atoms with Crippen LogP contribution in [0.2, 0.25) is 0 Å². The van der Waals surface area contributed by atoms with Crippen LogP contribution in [0.15, 0.2) is 29.3 Å². The molecule has 37 heavy (non-hydrogen) atoms. The Morgan fingerprint density at radius 3 is 2.30 bits per heavy atom. The first-order valence-corrected chi connectivity index (χ1v) is 13.9. The van der Waals surface area contributed by atoms with Gasteiger partial charge in [0.25, 0.3) is 11.8 Å². The molecule has 8 nitrogen and oxygen atoms in total. The highest BCUT2D eigenvalue weighted by atomic mass is 32.2. The fraction of sp³-hybridized carbons (Fsp3) is 0.560. The summed E-state index contributed by atoms with van der Waals surface area (Å²) in [7, 11) is -3.22. The van der Waals surface area contributed by atoms with Gasteiger partial charge in [0.15, 0.2) is 0 Å². The number of anilines is 1. The fourth-order valence-corrected chi connectivity index (χ4v) is 6.17. The quantitative estimate of drug-likeness (QED) is 0.332. The summed E-state index contributed by atoms with van der Waals surface area (Å²) < 4.78 is 66.3. The van der Waals surface area contributed by atoms with E-state index in [0.29, 0.717) is 58.1 Å². The van der Waals surface area contributed by atoms with Crippen LogP contribution in [0.5, 0.6) is 0 Å². The summed E-state index contributed by atoms with van der Waals surface area (Å²) in [6.45, 7) is 6.30. The van der Waals surface area contributed by atoms with Gasteiger partial charge in [0.05, 0.1) is 28.6 Å². The maximum atomic E-state index is 13.4. The number of rotatable bonds is 10. The molecule has 1 fully saturated rings. The maximum Gasteiger partial charge on any atom is 0.417 e. The van der Waals surface area contributed by atoms with Crippen molar-refractivity contribution in [1.29, 1.82) is 5.26 Å². The standard InChI is InChI=1S/C25H31F3N4O4S/c1-3-4-15-37(35,36)31-13-11-30(12-14-31)10-6-5-7-21-18(2)23(33)32(24(21)34)20-9-8-19(17-29)22(16-20)25(26,27)28/h8-9,16H,3-7,10-15H2,1-2H3. The van der Waals surface area contributed by atoms with Gasteiger partial charge in [0.2, 0.25) is 10.0 Å². The molecular weight excluding hydrogens is 509 g/mol. The molecule has 2 aliphatic rings. The molecule has 0 atom stereocenters. The third-order valence-electron chi connectivity index (χ3n) is 6.76. The predicted octanol–water partition coefficient (Wildman–Crippen LogP) is 3.68. The molecule has 3 rings (SSSR count). The van der Waals surface area contributed by atoms with E-state index in [-0.39, 0.29) is 22.6 Å². The first-order chi connectivity index (χ1) is 17.4. The molecule has 2 aliphatic heterocycles. The van der Waals surface area contributed by atoms with E-state index in [9.17, 15) is 31.2 Å². The number of piperazine rings is 1. The molecule has 0 bridgehead atoms. The molecule has 2 heterocycles. The van der Waals surface area contributed by atoms with Crippen LogP contribution in [-0.4, -0.2) is 67.9 Å². The van der Waals surface area contributed by atoms with Crippen molar-refractivity contribution in [3.8, 4) is 6.07 Å². The lowest BCUT2D eigenvalue weighted by molar-refractivity contribution is -0.138. The van der Waals surface area contributed by atoms with Crippen LogP contribution in [0.1, 0.15) is 57.1 Å². The number of halogens is 3. The Kier molecular flexibility index (Phi) is 9.15. The number of nitriles is 1. The van der Waals surface area contributed by atoms with Crippen LogP contribution in [0, 0.1) is 11.3 Å². The summed E-state index contributed by atoms with van der Waals surface area (Å²) in [5, 5.41) is 8.98. The number of nitrogens with zero attached hydrogens (tertiary/aromatic N) is 4. The lowest BCUT2D eigenvalue weighted by Crippen LogP contribution is -2.49. The molecule has 0 spiro atoms. The number of unbranched alkanes of at least 4 members (excludes halogenated alkanes) is 2. The molecule has 1 aromatic rings. The van der Waals surface area contributed by atoms with E-state index in [1.807, 2.05) is 6.92 Å². The Morgan fingerprint density at radius 1 is 1.03 bits per heavy atom. The van der Waals surface area contributed by atoms with Gasteiger partial charge in [-0.2, -0.15) is 22.7 Å². The molecule has 0 N–H and O–H groups in total. The summed E-state index contributed by atoms with van der Waals surface area (Å²) in [6.07, 6.45) is -1.72. The highest BCUT2D eigenvalue weighted by Gasteiger charge is 2.39. The highest BCUT2D eigenvalue weighted by Crippen LogP contribution is 2.36. The summed E-state index contributed by atoms with van der Waals surface area (Å²) in [5.74, 6) is -1.15. The van der Waals surface area contributed by atoms with E-state index < -0.39 is 39.1 Å². The van der Waals surface area contributed by atoms with Crippen LogP contribution < -0.4 is 4.90 Å². The number of hydrogen-bond donors (Lipinski definition) is 0. The Balaban J connectivity index is 1.55. The minimum absolute atomic E-state index is 0.168. The van der Waals surface area contributed by atoms with Crippen molar-refractivity contribution >= 4 is 27.5 Å². The van der Waals surface area contributed by atoms with Gasteiger partial charge in [-0.1, -0.05) is 13.3 Å². The molecule has 0 radical (unpaired) electrons. The number of hydrogen-bond acceptors (Lipinski definition) is 6. The first kappa shape index (κ1) is 28.8. The molecule has 0 unspecified atom stereocenters. The zero-order valence-corrected chi connectivity index (χ0v) is 21.8. The smallest absolute Gasteiger partial charge is 0.301 e. The van der Waals surface area contributed by atoms with Gasteiger partial charge in [-0.25, -0.2) is 13.3 Å². The van der Waals surface area contributed by atoms with Crippen molar-refractivity contribution in [3.63, 3.8) is 0 Å². The van der Waals surface area contributed by atoms with Crippen LogP contribution in [-0.2, 0) is 25.8 Å². The van der Waals surface area contributed by atoms with Crippen LogP contribution in [0.25, 0.3) is 0 Å². The van der Waals surface area contributed by atoms with Crippen LogP contribution >= 0.6 is 0 Å². The zero-order chi connectivity index (χ0) is 27.4. The van der Waals surface area contributed by atoms with E-state index in [2.05, 4.69) is 4.90 Å². The van der Waals surface area contributed by atoms with Crippen molar-refractivity contribution in [3.05, 3.63) is 40.5 Å². The number of carbonyl (C=O) groups is 2. The molecule has 0 aromatic heterocycles. The second-order valence-electron chi connectivity index (χ2n) is 9.26. The minimum atomic E-state index is -4.80. The number of alkyl halides is 3. The SMILES string of the molecule is CCCCS(=O)(=O)N1CCN(CCCCC2=C(C)C(=O)N(c3ccc(C#N)c(C(F)(F)F)c3)C2=O)CC1. The number of carbonyl (C=O) groups excluding carboxylic acids is 2. The summed E-state index contributed by atoms with van der Waals surface area (Å²) >= 11 is 0. The average molecular weight is 541 g/mol. The normalized spacial score (nSPS) is 18.1. The zero-order valence-electron chi connectivity index (χ0n) is 21.0. The number of sulfonamides is 1. The topological polar surface area (TPSA) is 102 Å². The van der Waals surface area contributed by atoms with E-state index in [1.54, 1.807) is 0 Å². The third kappa shape index (κ3) is 6.58. The first-order valence-electron chi connectivity index (χ1n) is 12.3. The van der Waals surface area contributed by atoms with Crippen LogP contribution in [0.4, 0.5) is 18.9 Å². The molecule has 2 amide bonds. The van der Waals surface area contributed by atoms with Crippen molar-refractivity contribution in [1.82, 2.24) is 9.21 Å². The molecular formula is C25H31F3N4O4S. The molecule has 0 saturated carbocycles. The van der Waals surface area contributed by atoms with Gasteiger partial charge in [-0.05, 0) is 57.4 Å². The van der Waals surface area contributed by atoms with Crippen molar-refractivity contribution < 1.29 is 31.2 Å². The minimum Gasteiger partial charge on any atom is -0.301 e. The van der Waals surface area contributed by atoms with Gasteiger partial charge in [-0.3, -0.25) is 9.59 Å². The van der Waals surface area contributed by atoms with Gasteiger partial charge in [0, 0.05) is 37.3 Å². The second kappa shape index (κ2) is 11.8. The van der Waals surface area contributed by atoms with Crippen molar-refractivity contribution in [2.75, 3.05) is 43.4 Å². The lowest BCUT2D eigenvalue weighted by Gasteiger charge is -2.34. The largest absolute Gasteiger partial charge is 0.417 e. The number of imide groups is 1. The molecule has 1 saturated heterocycles. The van der Waals surface area contributed by atoms with Gasteiger partial charge in [0.1, 0.15) is 0 Å². The number of amides is 2. The van der Waals surface area contributed by atoms with Gasteiger partial charge in [-0.15, -0.1) is 0 Å². The Hall–Kier alpha value is -2.75. The summed E-state index contributed by atoms with van der Waals surface area (Å²) in [6, 6.07) is 4.27. The Bertz CT molecular complexity index is 1210. The predicted molar refractivity (Wildman–Crippen MR) is 132 cm³/mol. The molecule has 12 heteroatoms.